The number of hydrogen-bond donors (Lipinski definition) is 0. The number of carbonyl (C=O) groups is 1. The van der Waals surface area contributed by atoms with Crippen LogP contribution >= 0.6 is 11.3 Å². The summed E-state index contributed by atoms with van der Waals surface area (Å²) in [7, 11) is 0. The number of hydrogen-bond acceptors (Lipinski definition) is 3. The summed E-state index contributed by atoms with van der Waals surface area (Å²) in [5, 5.41) is 2.10. The van der Waals surface area contributed by atoms with Gasteiger partial charge in [0.1, 0.15) is 0 Å². The fraction of sp³-hybridized carbons (Fsp3) is 0.429. The molecule has 4 heteroatoms. The highest BCUT2D eigenvalue weighted by atomic mass is 32.1. The fourth-order valence-corrected chi connectivity index (χ4v) is 3.69. The molecule has 0 amide bonds. The molecule has 0 aliphatic heterocycles. The van der Waals surface area contributed by atoms with Gasteiger partial charge < -0.3 is 4.57 Å². The normalized spacial score (nSPS) is 18.6. The minimum absolute atomic E-state index is 0.0210. The van der Waals surface area contributed by atoms with Gasteiger partial charge in [-0.1, -0.05) is 0 Å². The van der Waals surface area contributed by atoms with Gasteiger partial charge in [0.25, 0.3) is 0 Å². The van der Waals surface area contributed by atoms with E-state index in [1.54, 1.807) is 17.5 Å². The van der Waals surface area contributed by atoms with Crippen molar-refractivity contribution in [1.29, 1.82) is 0 Å². The number of ketones is 1. The van der Waals surface area contributed by atoms with Crippen LogP contribution in [0.5, 0.6) is 0 Å². The van der Waals surface area contributed by atoms with Gasteiger partial charge in [0.05, 0.1) is 5.92 Å². The third kappa shape index (κ3) is 1.81. The van der Waals surface area contributed by atoms with Crippen LogP contribution in [-0.2, 0) is 13.0 Å². The fourth-order valence-electron chi connectivity index (χ4n) is 2.70. The smallest absolute Gasteiger partial charge is 0.205 e. The van der Waals surface area contributed by atoms with Crippen LogP contribution in [0.4, 0.5) is 0 Å². The second-order valence-corrected chi connectivity index (χ2v) is 5.65. The van der Waals surface area contributed by atoms with E-state index in [-0.39, 0.29) is 11.7 Å². The highest BCUT2D eigenvalue weighted by molar-refractivity contribution is 7.10. The molecule has 0 radical (unpaired) electrons. The summed E-state index contributed by atoms with van der Waals surface area (Å²) in [6.07, 6.45) is 6.79. The van der Waals surface area contributed by atoms with E-state index in [9.17, 15) is 4.79 Å². The maximum Gasteiger partial charge on any atom is 0.205 e. The minimum atomic E-state index is 0.0210. The van der Waals surface area contributed by atoms with Gasteiger partial charge in [-0.3, -0.25) is 4.79 Å². The van der Waals surface area contributed by atoms with E-state index in [1.165, 1.54) is 10.4 Å². The Balaban J connectivity index is 1.95. The Morgan fingerprint density at radius 2 is 2.50 bits per heavy atom. The Morgan fingerprint density at radius 1 is 1.61 bits per heavy atom. The van der Waals surface area contributed by atoms with E-state index >= 15 is 0 Å². The molecule has 0 saturated heterocycles. The van der Waals surface area contributed by atoms with Crippen LogP contribution in [0.25, 0.3) is 0 Å². The Hall–Kier alpha value is -1.42. The monoisotopic (exact) mass is 260 g/mol. The number of fused-ring (bicyclic) bond motifs is 1. The lowest BCUT2D eigenvalue weighted by atomic mass is 9.84. The third-order valence-electron chi connectivity index (χ3n) is 3.64. The predicted octanol–water partition coefficient (Wildman–Crippen LogP) is 3.27. The molecule has 0 saturated carbocycles. The third-order valence-corrected chi connectivity index (χ3v) is 4.64. The average Bonchev–Trinajstić information content (AvgIpc) is 3.05. The molecule has 1 aliphatic carbocycles. The Kier molecular flexibility index (Phi) is 3.04. The molecule has 2 aromatic heterocycles. The van der Waals surface area contributed by atoms with E-state index in [4.69, 9.17) is 0 Å². The number of imidazole rings is 1. The van der Waals surface area contributed by atoms with Crippen LogP contribution in [-0.4, -0.2) is 15.3 Å². The number of thiophene rings is 1. The van der Waals surface area contributed by atoms with Crippen molar-refractivity contribution < 1.29 is 4.79 Å². The molecule has 1 unspecified atom stereocenters. The molecule has 0 spiro atoms. The summed E-state index contributed by atoms with van der Waals surface area (Å²) < 4.78 is 1.93. The van der Waals surface area contributed by atoms with Gasteiger partial charge in [0, 0.05) is 23.8 Å². The highest BCUT2D eigenvalue weighted by Crippen LogP contribution is 2.36. The van der Waals surface area contributed by atoms with E-state index in [1.807, 2.05) is 17.7 Å². The molecular formula is C14H16N2OS. The lowest BCUT2D eigenvalue weighted by Gasteiger charge is -2.21. The van der Waals surface area contributed by atoms with Crippen molar-refractivity contribution >= 4 is 17.1 Å². The van der Waals surface area contributed by atoms with Gasteiger partial charge in [-0.2, -0.15) is 0 Å². The zero-order chi connectivity index (χ0) is 12.5. The molecule has 2 heterocycles. The van der Waals surface area contributed by atoms with Gasteiger partial charge in [-0.15, -0.1) is 11.3 Å². The summed E-state index contributed by atoms with van der Waals surface area (Å²) in [6, 6.07) is 2.11. The predicted molar refractivity (Wildman–Crippen MR) is 72.2 cm³/mol. The van der Waals surface area contributed by atoms with Crippen molar-refractivity contribution in [3.63, 3.8) is 0 Å². The number of nitrogens with zero attached hydrogens (tertiary/aromatic N) is 2. The Labute approximate surface area is 110 Å². The molecule has 0 N–H and O–H groups in total. The number of aromatic nitrogens is 2. The molecule has 0 fully saturated rings. The van der Waals surface area contributed by atoms with Gasteiger partial charge >= 0.3 is 0 Å². The molecule has 18 heavy (non-hydrogen) atoms. The van der Waals surface area contributed by atoms with Crippen LogP contribution in [0.15, 0.2) is 23.8 Å². The van der Waals surface area contributed by atoms with Crippen molar-refractivity contribution in [3.05, 3.63) is 40.1 Å². The van der Waals surface area contributed by atoms with E-state index < -0.39 is 0 Å². The zero-order valence-electron chi connectivity index (χ0n) is 10.4. The van der Waals surface area contributed by atoms with Crippen LogP contribution in [0.3, 0.4) is 0 Å². The molecule has 3 nitrogen and oxygen atoms in total. The van der Waals surface area contributed by atoms with Crippen molar-refractivity contribution in [2.45, 2.75) is 38.6 Å². The van der Waals surface area contributed by atoms with Gasteiger partial charge in [-0.25, -0.2) is 4.98 Å². The lowest BCUT2D eigenvalue weighted by Crippen LogP contribution is -2.20. The number of rotatable bonds is 3. The highest BCUT2D eigenvalue weighted by Gasteiger charge is 2.30. The SMILES string of the molecule is CCn1ccnc1C(=O)C1CCCc2sccc21. The Bertz CT molecular complexity index is 570. The number of Topliss-reactive ketones (excluding diaryl/α,β-unsaturated/α-hetero) is 1. The Morgan fingerprint density at radius 3 is 3.33 bits per heavy atom. The zero-order valence-corrected chi connectivity index (χ0v) is 11.2. The quantitative estimate of drug-likeness (QED) is 0.794. The van der Waals surface area contributed by atoms with Crippen molar-refractivity contribution in [3.8, 4) is 0 Å². The summed E-state index contributed by atoms with van der Waals surface area (Å²) in [5.74, 6) is 0.815. The maximum absolute atomic E-state index is 12.6. The van der Waals surface area contributed by atoms with Crippen molar-refractivity contribution in [2.24, 2.45) is 0 Å². The summed E-state index contributed by atoms with van der Waals surface area (Å²) >= 11 is 1.77. The van der Waals surface area contributed by atoms with Crippen LogP contribution in [0.2, 0.25) is 0 Å². The van der Waals surface area contributed by atoms with Gasteiger partial charge in [0.2, 0.25) is 5.78 Å². The van der Waals surface area contributed by atoms with E-state index in [2.05, 4.69) is 16.4 Å². The van der Waals surface area contributed by atoms with Crippen LogP contribution in [0, 0.1) is 0 Å². The minimum Gasteiger partial charge on any atom is -0.329 e. The largest absolute Gasteiger partial charge is 0.329 e. The first-order chi connectivity index (χ1) is 8.81. The van der Waals surface area contributed by atoms with Crippen LogP contribution in [0.1, 0.15) is 46.7 Å². The average molecular weight is 260 g/mol. The topological polar surface area (TPSA) is 34.9 Å². The standard InChI is InChI=1S/C14H16N2OS/c1-2-16-8-7-15-14(16)13(17)11-4-3-5-12-10(11)6-9-18-12/h6-9,11H,2-5H2,1H3. The van der Waals surface area contributed by atoms with Crippen molar-refractivity contribution in [2.75, 3.05) is 0 Å². The summed E-state index contributed by atoms with van der Waals surface area (Å²) in [4.78, 5) is 18.2. The molecule has 3 rings (SSSR count). The van der Waals surface area contributed by atoms with Crippen molar-refractivity contribution in [1.82, 2.24) is 9.55 Å². The summed E-state index contributed by atoms with van der Waals surface area (Å²) in [6.45, 7) is 2.83. The first-order valence-corrected chi connectivity index (χ1v) is 7.31. The molecule has 94 valence electrons. The first-order valence-electron chi connectivity index (χ1n) is 6.43. The number of aryl methyl sites for hydroxylation is 2. The maximum atomic E-state index is 12.6. The molecule has 0 aromatic carbocycles. The first kappa shape index (κ1) is 11.7. The second kappa shape index (κ2) is 4.69. The molecular weight excluding hydrogens is 244 g/mol. The van der Waals surface area contributed by atoms with Crippen LogP contribution < -0.4 is 0 Å². The molecule has 1 aliphatic rings. The van der Waals surface area contributed by atoms with E-state index in [0.717, 1.165) is 25.8 Å². The van der Waals surface area contributed by atoms with Gasteiger partial charge in [0.15, 0.2) is 5.82 Å². The molecule has 1 atom stereocenters. The van der Waals surface area contributed by atoms with Gasteiger partial charge in [-0.05, 0) is 43.2 Å². The second-order valence-electron chi connectivity index (χ2n) is 4.65. The lowest BCUT2D eigenvalue weighted by molar-refractivity contribution is 0.0937. The van der Waals surface area contributed by atoms with E-state index in [0.29, 0.717) is 5.82 Å². The molecule has 2 aromatic rings. The number of carbonyl (C=O) groups excluding carboxylic acids is 1. The summed E-state index contributed by atoms with van der Waals surface area (Å²) in [5.41, 5.74) is 1.24. The molecule has 0 bridgehead atoms.